The minimum absolute atomic E-state index is 0.0421. The number of nitrogens with one attached hydrogen (secondary N) is 1. The van der Waals surface area contributed by atoms with Crippen LogP contribution in [0, 0.1) is 35.5 Å². The van der Waals surface area contributed by atoms with Gasteiger partial charge in [0, 0.05) is 120 Å². The zero-order valence-corrected chi connectivity index (χ0v) is 91.3. The predicted octanol–water partition coefficient (Wildman–Crippen LogP) is 18.3. The lowest BCUT2D eigenvalue weighted by Gasteiger charge is -2.30. The molecule has 0 saturated carbocycles. The number of thioether (sulfide) groups is 5. The molecule has 0 aromatic heterocycles. The van der Waals surface area contributed by atoms with Crippen molar-refractivity contribution in [3.05, 3.63) is 0 Å². The lowest BCUT2D eigenvalue weighted by Crippen LogP contribution is -2.44. The second-order valence-electron chi connectivity index (χ2n) is 36.0. The molecule has 0 fully saturated rings. The van der Waals surface area contributed by atoms with Gasteiger partial charge in [0.05, 0.1) is 74.0 Å². The largest absolute Gasteiger partial charge is 0.462 e. The van der Waals surface area contributed by atoms with Gasteiger partial charge in [0.1, 0.15) is 79.3 Å². The fourth-order valence-electron chi connectivity index (χ4n) is 13.8. The Morgan fingerprint density at radius 1 is 0.204 bits per heavy atom. The summed E-state index contributed by atoms with van der Waals surface area (Å²) in [5.41, 5.74) is 0. The Morgan fingerprint density at radius 3 is 0.562 bits per heavy atom. The van der Waals surface area contributed by atoms with Crippen LogP contribution in [0.4, 0.5) is 0 Å². The van der Waals surface area contributed by atoms with Crippen molar-refractivity contribution in [2.45, 2.75) is 321 Å². The summed E-state index contributed by atoms with van der Waals surface area (Å²) in [6.45, 7) is 26.0. The lowest BCUT2D eigenvalue weighted by atomic mass is 10.1. The minimum atomic E-state index is -0.555. The van der Waals surface area contributed by atoms with Crippen molar-refractivity contribution in [2.24, 2.45) is 35.5 Å². The third-order valence-electron chi connectivity index (χ3n) is 23.1. The number of carbonyl (C=O) groups is 12. The number of unbranched alkanes of at least 4 members (excludes halogenated alkanes) is 25. The molecule has 0 heterocycles. The van der Waals surface area contributed by atoms with E-state index in [2.05, 4.69) is 44.8 Å². The lowest BCUT2D eigenvalue weighted by molar-refractivity contribution is -0.155. The first-order chi connectivity index (χ1) is 66.3. The van der Waals surface area contributed by atoms with E-state index in [1.807, 2.05) is 56.2 Å². The molecule has 800 valence electrons. The summed E-state index contributed by atoms with van der Waals surface area (Å²) in [5, 5.41) is 3.49. The molecule has 0 aromatic carbocycles. The van der Waals surface area contributed by atoms with E-state index >= 15 is 0 Å². The van der Waals surface area contributed by atoms with E-state index in [-0.39, 0.29) is 241 Å². The van der Waals surface area contributed by atoms with E-state index in [0.717, 1.165) is 73.7 Å². The van der Waals surface area contributed by atoms with Crippen LogP contribution in [0.3, 0.4) is 0 Å². The van der Waals surface area contributed by atoms with Crippen LogP contribution in [0.15, 0.2) is 0 Å². The Kier molecular flexibility index (Phi) is 92.6. The molecule has 137 heavy (non-hydrogen) atoms. The van der Waals surface area contributed by atoms with E-state index in [0.29, 0.717) is 74.5 Å². The number of rotatable bonds is 100. The van der Waals surface area contributed by atoms with E-state index in [4.69, 9.17) is 56.8 Å². The van der Waals surface area contributed by atoms with Crippen molar-refractivity contribution in [1.29, 1.82) is 0 Å². The molecule has 0 radical (unpaired) electrons. The average molecular weight is 2040 g/mol. The molecule has 0 rings (SSSR count). The zero-order chi connectivity index (χ0) is 101. The third-order valence-corrected chi connectivity index (χ3v) is 29.7. The van der Waals surface area contributed by atoms with Gasteiger partial charge in [-0.15, -0.1) is 0 Å². The molecule has 0 bridgehead atoms. The van der Waals surface area contributed by atoms with E-state index in [1.54, 1.807) is 65.7 Å². The molecule has 0 saturated heterocycles. The molecule has 0 amide bonds. The highest BCUT2D eigenvalue weighted by molar-refractivity contribution is 8.00. The van der Waals surface area contributed by atoms with Gasteiger partial charge in [0.25, 0.3) is 0 Å². The number of hydrogen-bond acceptors (Lipinski definition) is 34. The summed E-state index contributed by atoms with van der Waals surface area (Å²) < 4.78 is 66.4. The Balaban J connectivity index is 7.15. The molecule has 0 aromatic rings. The summed E-state index contributed by atoms with van der Waals surface area (Å²) in [4.78, 5) is 166. The molecular formula is C103H189N5O24S5. The Bertz CT molecular complexity index is 2970. The maximum absolute atomic E-state index is 13.8. The van der Waals surface area contributed by atoms with Gasteiger partial charge >= 0.3 is 71.6 Å². The second-order valence-corrected chi connectivity index (χ2v) is 41.7. The normalized spacial score (nSPS) is 12.8. The molecule has 1 N–H and O–H groups in total. The minimum Gasteiger partial charge on any atom is -0.462 e. The number of hydrogen-bond donors (Lipinski definition) is 1. The standard InChI is InChI=1S/C103H189N5O24S5/c1-13-19-24-29-34-39-76-133-81-87(8)99(116)128-71-65-122-93(110)45-53-105(52-44-92(109)121-64-70-127-98(115)86(7)18-6)58-50-104-51-59-107(56-48-96(113)125-68-74-131-102(119)90(11)84-136-79-42-37-32-27-22-16-4)61-63-108(57-49-97(114)126-69-75-132-103(120)91(12)85-137-80-43-38-33-28-23-17-5)62-60-106(54-46-94(111)123-66-72-129-100(117)88(9)82-134-77-40-35-30-25-20-14-2)55-47-95(112)124-67-73-130-101(118)89(10)83-135-78-41-36-31-26-21-15-3/h86-91,104H,13-85H2,1-12H3. The number of ether oxygens (including phenoxy) is 12. The van der Waals surface area contributed by atoms with E-state index in [1.165, 1.54) is 148 Å². The summed E-state index contributed by atoms with van der Waals surface area (Å²) in [6.07, 6.45) is 35.9. The molecule has 29 nitrogen and oxygen atoms in total. The van der Waals surface area contributed by atoms with Gasteiger partial charge in [-0.3, -0.25) is 57.5 Å². The van der Waals surface area contributed by atoms with Crippen molar-refractivity contribution < 1.29 is 114 Å². The first-order valence-electron chi connectivity index (χ1n) is 52.8. The van der Waals surface area contributed by atoms with Crippen LogP contribution in [0.5, 0.6) is 0 Å². The van der Waals surface area contributed by atoms with Gasteiger partial charge in [-0.05, 0) is 67.3 Å². The molecule has 0 aliphatic carbocycles. The maximum atomic E-state index is 13.8. The number of esters is 12. The number of nitrogens with zero attached hydrogens (tertiary/aromatic N) is 4. The van der Waals surface area contributed by atoms with Crippen LogP contribution in [-0.2, 0) is 114 Å². The highest BCUT2D eigenvalue weighted by atomic mass is 32.2. The maximum Gasteiger partial charge on any atom is 0.309 e. The molecule has 0 aliphatic rings. The molecule has 34 heteroatoms. The van der Waals surface area contributed by atoms with Crippen molar-refractivity contribution in [2.75, 3.05) is 228 Å². The first kappa shape index (κ1) is 132. The van der Waals surface area contributed by atoms with Crippen LogP contribution in [0.2, 0.25) is 0 Å². The Hall–Kier alpha value is -4.81. The van der Waals surface area contributed by atoms with Crippen molar-refractivity contribution in [3.63, 3.8) is 0 Å². The molecule has 6 atom stereocenters. The van der Waals surface area contributed by atoms with Crippen molar-refractivity contribution in [1.82, 2.24) is 24.9 Å². The summed E-state index contributed by atoms with van der Waals surface area (Å²) in [5.74, 6) is 0.539. The quantitative estimate of drug-likeness (QED) is 0.0336. The van der Waals surface area contributed by atoms with Crippen LogP contribution in [0.1, 0.15) is 321 Å². The topological polar surface area (TPSA) is 341 Å². The highest BCUT2D eigenvalue weighted by Crippen LogP contribution is 2.21. The second kappa shape index (κ2) is 96.0. The van der Waals surface area contributed by atoms with Crippen molar-refractivity contribution in [3.8, 4) is 0 Å². The Morgan fingerprint density at radius 2 is 0.365 bits per heavy atom. The molecule has 6 unspecified atom stereocenters. The van der Waals surface area contributed by atoms with E-state index < -0.39 is 35.8 Å². The predicted molar refractivity (Wildman–Crippen MR) is 557 cm³/mol. The average Bonchev–Trinajstić information content (AvgIpc) is 0.922. The first-order valence-corrected chi connectivity index (χ1v) is 58.5. The van der Waals surface area contributed by atoms with Crippen LogP contribution in [-0.4, -0.2) is 320 Å². The highest BCUT2D eigenvalue weighted by Gasteiger charge is 2.25. The van der Waals surface area contributed by atoms with Crippen LogP contribution < -0.4 is 5.32 Å². The SMILES string of the molecule is CCCCCCCCSCC(C)C(=O)OCCOC(=O)CCN(CCNCCN(CCC(=O)OCCOC(=O)C(C)CSCCCCCCCC)CCN(CCC(=O)OCCOC(=O)C(C)CSCCCCCCCC)CCN(CCC(=O)OCCOC(=O)C(C)CSCCCCCCCC)CCC(=O)OCCOC(=O)C(C)CSCCCCCCCC)CCC(=O)OCCOC(=O)C(C)CC. The van der Waals surface area contributed by atoms with Gasteiger partial charge in [-0.1, -0.05) is 244 Å². The summed E-state index contributed by atoms with van der Waals surface area (Å²) in [6, 6.07) is 0. The third kappa shape index (κ3) is 84.3. The Labute approximate surface area is 848 Å². The van der Waals surface area contributed by atoms with Gasteiger partial charge in [-0.25, -0.2) is 0 Å². The van der Waals surface area contributed by atoms with Gasteiger partial charge in [0.15, 0.2) is 0 Å². The zero-order valence-electron chi connectivity index (χ0n) is 87.2. The van der Waals surface area contributed by atoms with Gasteiger partial charge in [-0.2, -0.15) is 58.8 Å². The monoisotopic (exact) mass is 2040 g/mol. The van der Waals surface area contributed by atoms with Crippen LogP contribution >= 0.6 is 58.8 Å². The fraction of sp³-hybridized carbons (Fsp3) is 0.883. The van der Waals surface area contributed by atoms with Crippen LogP contribution in [0.25, 0.3) is 0 Å². The summed E-state index contributed by atoms with van der Waals surface area (Å²) in [7, 11) is 0. The van der Waals surface area contributed by atoms with E-state index in [9.17, 15) is 57.5 Å². The number of carbonyl (C=O) groups excluding carboxylic acids is 12. The van der Waals surface area contributed by atoms with Crippen molar-refractivity contribution >= 4 is 130 Å². The smallest absolute Gasteiger partial charge is 0.309 e. The fourth-order valence-corrected chi connectivity index (χ4v) is 19.1. The summed E-state index contributed by atoms with van der Waals surface area (Å²) >= 11 is 8.65. The van der Waals surface area contributed by atoms with Gasteiger partial charge < -0.3 is 81.8 Å². The van der Waals surface area contributed by atoms with Gasteiger partial charge in [0.2, 0.25) is 0 Å². The molecular weight excluding hydrogens is 1850 g/mol. The molecule has 0 spiro atoms. The molecule has 0 aliphatic heterocycles.